The standard InChI is InChI=1S/C15H24N4O/c1-3-5-16-9-13-8-12(2)15(18-10-13)19-7-4-6-17-14(20)11-19/h8,10,16H,3-7,9,11H2,1-2H3,(H,17,20). The summed E-state index contributed by atoms with van der Waals surface area (Å²) >= 11 is 0. The van der Waals surface area contributed by atoms with E-state index < -0.39 is 0 Å². The van der Waals surface area contributed by atoms with Crippen molar-refractivity contribution in [2.24, 2.45) is 0 Å². The lowest BCUT2D eigenvalue weighted by molar-refractivity contribution is -0.119. The molecule has 1 aromatic heterocycles. The molecule has 0 bridgehead atoms. The fourth-order valence-electron chi connectivity index (χ4n) is 2.45. The summed E-state index contributed by atoms with van der Waals surface area (Å²) in [7, 11) is 0. The normalized spacial score (nSPS) is 15.9. The Kier molecular flexibility index (Phi) is 5.35. The Balaban J connectivity index is 2.06. The van der Waals surface area contributed by atoms with Crippen LogP contribution in [0.3, 0.4) is 0 Å². The highest BCUT2D eigenvalue weighted by atomic mass is 16.2. The van der Waals surface area contributed by atoms with Crippen LogP contribution in [0, 0.1) is 6.92 Å². The smallest absolute Gasteiger partial charge is 0.239 e. The first-order valence-corrected chi connectivity index (χ1v) is 7.38. The van der Waals surface area contributed by atoms with Gasteiger partial charge in [0.05, 0.1) is 6.54 Å². The number of aryl methyl sites for hydroxylation is 1. The average molecular weight is 276 g/mol. The SMILES string of the molecule is CCCNCc1cnc(N2CCCNC(=O)C2)c(C)c1. The van der Waals surface area contributed by atoms with E-state index in [1.807, 2.05) is 6.20 Å². The Bertz CT molecular complexity index is 461. The molecule has 0 spiro atoms. The van der Waals surface area contributed by atoms with Crippen molar-refractivity contribution in [1.29, 1.82) is 0 Å². The third kappa shape index (κ3) is 3.93. The van der Waals surface area contributed by atoms with Gasteiger partial charge in [-0.15, -0.1) is 0 Å². The number of nitrogens with zero attached hydrogens (tertiary/aromatic N) is 2. The van der Waals surface area contributed by atoms with E-state index in [1.165, 1.54) is 5.56 Å². The zero-order valence-corrected chi connectivity index (χ0v) is 12.4. The first-order valence-electron chi connectivity index (χ1n) is 7.38. The van der Waals surface area contributed by atoms with Crippen LogP contribution in [-0.2, 0) is 11.3 Å². The largest absolute Gasteiger partial charge is 0.354 e. The zero-order chi connectivity index (χ0) is 14.4. The van der Waals surface area contributed by atoms with Gasteiger partial charge in [-0.05, 0) is 43.5 Å². The molecule has 2 heterocycles. The van der Waals surface area contributed by atoms with Crippen molar-refractivity contribution >= 4 is 11.7 Å². The Morgan fingerprint density at radius 3 is 3.10 bits per heavy atom. The number of aromatic nitrogens is 1. The van der Waals surface area contributed by atoms with Gasteiger partial charge in [-0.1, -0.05) is 6.92 Å². The van der Waals surface area contributed by atoms with Gasteiger partial charge in [0.15, 0.2) is 0 Å². The van der Waals surface area contributed by atoms with Crippen LogP contribution in [-0.4, -0.2) is 37.1 Å². The highest BCUT2D eigenvalue weighted by Gasteiger charge is 2.17. The van der Waals surface area contributed by atoms with Gasteiger partial charge in [0.2, 0.25) is 5.91 Å². The average Bonchev–Trinajstić information content (AvgIpc) is 2.64. The molecule has 1 aliphatic rings. The summed E-state index contributed by atoms with van der Waals surface area (Å²) in [4.78, 5) is 18.3. The molecule has 1 aliphatic heterocycles. The fourth-order valence-corrected chi connectivity index (χ4v) is 2.45. The topological polar surface area (TPSA) is 57.3 Å². The third-order valence-corrected chi connectivity index (χ3v) is 3.42. The van der Waals surface area contributed by atoms with E-state index >= 15 is 0 Å². The van der Waals surface area contributed by atoms with Crippen LogP contribution < -0.4 is 15.5 Å². The van der Waals surface area contributed by atoms with Gasteiger partial charge < -0.3 is 15.5 Å². The summed E-state index contributed by atoms with van der Waals surface area (Å²) in [5, 5.41) is 6.27. The van der Waals surface area contributed by atoms with Gasteiger partial charge >= 0.3 is 0 Å². The molecular formula is C15H24N4O. The van der Waals surface area contributed by atoms with Gasteiger partial charge in [-0.2, -0.15) is 0 Å². The minimum Gasteiger partial charge on any atom is -0.354 e. The lowest BCUT2D eigenvalue weighted by atomic mass is 10.2. The summed E-state index contributed by atoms with van der Waals surface area (Å²) in [6.45, 7) is 8.13. The third-order valence-electron chi connectivity index (χ3n) is 3.42. The Morgan fingerprint density at radius 1 is 1.50 bits per heavy atom. The number of carbonyl (C=O) groups is 1. The summed E-state index contributed by atoms with van der Waals surface area (Å²) in [5.74, 6) is 1.01. The van der Waals surface area contributed by atoms with Crippen LogP contribution in [0.1, 0.15) is 30.9 Å². The van der Waals surface area contributed by atoms with Gasteiger partial charge in [-0.3, -0.25) is 4.79 Å². The van der Waals surface area contributed by atoms with Crippen LogP contribution in [0.25, 0.3) is 0 Å². The van der Waals surface area contributed by atoms with Crippen LogP contribution >= 0.6 is 0 Å². The monoisotopic (exact) mass is 276 g/mol. The second-order valence-electron chi connectivity index (χ2n) is 5.29. The van der Waals surface area contributed by atoms with Crippen molar-refractivity contribution in [3.05, 3.63) is 23.4 Å². The maximum Gasteiger partial charge on any atom is 0.239 e. The molecule has 2 N–H and O–H groups in total. The predicted octanol–water partition coefficient (Wildman–Crippen LogP) is 1.22. The predicted molar refractivity (Wildman–Crippen MR) is 80.8 cm³/mol. The Hall–Kier alpha value is -1.62. The second kappa shape index (κ2) is 7.24. The maximum atomic E-state index is 11.6. The molecule has 5 nitrogen and oxygen atoms in total. The number of rotatable bonds is 5. The highest BCUT2D eigenvalue weighted by Crippen LogP contribution is 2.18. The van der Waals surface area contributed by atoms with Crippen molar-refractivity contribution in [3.8, 4) is 0 Å². The summed E-state index contributed by atoms with van der Waals surface area (Å²) in [6, 6.07) is 2.16. The number of hydrogen-bond donors (Lipinski definition) is 2. The van der Waals surface area contributed by atoms with E-state index in [1.54, 1.807) is 0 Å². The van der Waals surface area contributed by atoms with Gasteiger partial charge in [0.1, 0.15) is 5.82 Å². The molecule has 0 unspecified atom stereocenters. The van der Waals surface area contributed by atoms with Crippen molar-refractivity contribution in [2.75, 3.05) is 31.1 Å². The minimum absolute atomic E-state index is 0.0809. The van der Waals surface area contributed by atoms with Crippen molar-refractivity contribution in [3.63, 3.8) is 0 Å². The fraction of sp³-hybridized carbons (Fsp3) is 0.600. The molecule has 2 rings (SSSR count). The van der Waals surface area contributed by atoms with E-state index in [4.69, 9.17) is 0 Å². The molecule has 0 aliphatic carbocycles. The van der Waals surface area contributed by atoms with E-state index in [9.17, 15) is 4.79 Å². The number of carbonyl (C=O) groups excluding carboxylic acids is 1. The summed E-state index contributed by atoms with van der Waals surface area (Å²) in [5.41, 5.74) is 2.33. The Morgan fingerprint density at radius 2 is 2.35 bits per heavy atom. The molecule has 1 aromatic rings. The Labute approximate surface area is 120 Å². The van der Waals surface area contributed by atoms with E-state index in [-0.39, 0.29) is 5.91 Å². The van der Waals surface area contributed by atoms with Crippen LogP contribution in [0.2, 0.25) is 0 Å². The van der Waals surface area contributed by atoms with E-state index in [0.717, 1.165) is 50.4 Å². The number of nitrogens with one attached hydrogen (secondary N) is 2. The molecule has 0 radical (unpaired) electrons. The lowest BCUT2D eigenvalue weighted by Gasteiger charge is -2.22. The molecule has 20 heavy (non-hydrogen) atoms. The van der Waals surface area contributed by atoms with E-state index in [0.29, 0.717) is 6.54 Å². The minimum atomic E-state index is 0.0809. The van der Waals surface area contributed by atoms with E-state index in [2.05, 4.69) is 40.4 Å². The first kappa shape index (κ1) is 14.8. The highest BCUT2D eigenvalue weighted by molar-refractivity contribution is 5.81. The zero-order valence-electron chi connectivity index (χ0n) is 12.4. The molecular weight excluding hydrogens is 252 g/mol. The van der Waals surface area contributed by atoms with Crippen LogP contribution in [0.5, 0.6) is 0 Å². The van der Waals surface area contributed by atoms with Crippen molar-refractivity contribution in [2.45, 2.75) is 33.2 Å². The number of pyridine rings is 1. The van der Waals surface area contributed by atoms with Crippen molar-refractivity contribution in [1.82, 2.24) is 15.6 Å². The molecule has 1 amide bonds. The van der Waals surface area contributed by atoms with Crippen LogP contribution in [0.4, 0.5) is 5.82 Å². The van der Waals surface area contributed by atoms with Crippen LogP contribution in [0.15, 0.2) is 12.3 Å². The molecule has 1 fully saturated rings. The lowest BCUT2D eigenvalue weighted by Crippen LogP contribution is -2.34. The quantitative estimate of drug-likeness (QED) is 0.794. The maximum absolute atomic E-state index is 11.6. The number of amides is 1. The molecule has 0 atom stereocenters. The van der Waals surface area contributed by atoms with Gasteiger partial charge in [-0.25, -0.2) is 4.98 Å². The summed E-state index contributed by atoms with van der Waals surface area (Å²) < 4.78 is 0. The van der Waals surface area contributed by atoms with Crippen molar-refractivity contribution < 1.29 is 4.79 Å². The number of hydrogen-bond acceptors (Lipinski definition) is 4. The molecule has 0 aromatic carbocycles. The molecule has 5 heteroatoms. The summed E-state index contributed by atoms with van der Waals surface area (Å²) in [6.07, 6.45) is 4.01. The first-order chi connectivity index (χ1) is 9.70. The molecule has 110 valence electrons. The van der Waals surface area contributed by atoms with Gasteiger partial charge in [0.25, 0.3) is 0 Å². The number of anilines is 1. The molecule has 0 saturated carbocycles. The van der Waals surface area contributed by atoms with Gasteiger partial charge in [0, 0.05) is 25.8 Å². The second-order valence-corrected chi connectivity index (χ2v) is 5.29. The molecule has 1 saturated heterocycles.